The number of benzene rings is 1. The quantitative estimate of drug-likeness (QED) is 0.322. The number of aliphatic imine (C=N–C) groups is 1. The lowest BCUT2D eigenvalue weighted by Gasteiger charge is -2.33. The average Bonchev–Trinajstić information content (AvgIpc) is 2.68. The maximum absolute atomic E-state index is 13.4. The van der Waals surface area contributed by atoms with Crippen molar-refractivity contribution in [2.24, 2.45) is 4.99 Å². The van der Waals surface area contributed by atoms with Crippen molar-refractivity contribution in [3.63, 3.8) is 0 Å². The van der Waals surface area contributed by atoms with Gasteiger partial charge in [0, 0.05) is 38.5 Å². The summed E-state index contributed by atoms with van der Waals surface area (Å²) >= 11 is 0. The second kappa shape index (κ2) is 12.2. The zero-order chi connectivity index (χ0) is 22.0. The Bertz CT molecular complexity index is 797. The summed E-state index contributed by atoms with van der Waals surface area (Å²) < 4.78 is 53.9. The van der Waals surface area contributed by atoms with Crippen molar-refractivity contribution in [1.82, 2.24) is 15.5 Å². The molecule has 170 valence electrons. The van der Waals surface area contributed by atoms with E-state index in [1.54, 1.807) is 6.07 Å². The van der Waals surface area contributed by atoms with Crippen LogP contribution in [-0.4, -0.2) is 76.7 Å². The zero-order valence-corrected chi connectivity index (χ0v) is 18.5. The van der Waals surface area contributed by atoms with Crippen molar-refractivity contribution in [1.29, 1.82) is 0 Å². The molecule has 2 rings (SSSR count). The summed E-state index contributed by atoms with van der Waals surface area (Å²) in [6, 6.07) is 4.32. The topological polar surface area (TPSA) is 83.0 Å². The molecule has 7 nitrogen and oxygen atoms in total. The Hall–Kier alpha value is -1.78. The van der Waals surface area contributed by atoms with Crippen LogP contribution in [0.5, 0.6) is 0 Å². The number of guanidine groups is 1. The third kappa shape index (κ3) is 9.36. The van der Waals surface area contributed by atoms with E-state index in [1.807, 2.05) is 6.92 Å². The first-order valence-electron chi connectivity index (χ1n) is 10.2. The van der Waals surface area contributed by atoms with Crippen LogP contribution in [0.2, 0.25) is 0 Å². The highest BCUT2D eigenvalue weighted by molar-refractivity contribution is 7.90. The number of rotatable bonds is 10. The van der Waals surface area contributed by atoms with E-state index in [4.69, 9.17) is 4.74 Å². The third-order valence-corrected chi connectivity index (χ3v) is 5.68. The van der Waals surface area contributed by atoms with Gasteiger partial charge in [0.25, 0.3) is 0 Å². The van der Waals surface area contributed by atoms with Gasteiger partial charge in [0.2, 0.25) is 0 Å². The standard InChI is InChI=1S/C20H32F2N4O3S/c1-3-23-20(24-8-11-29-12-13-30(2,27)28)25-17-6-9-26(10-7-17)15-16-4-5-18(21)19(22)14-16/h4-5,14,17H,3,6-13,15H2,1-2H3,(H2,23,24,25). The van der Waals surface area contributed by atoms with Gasteiger partial charge in [-0.3, -0.25) is 9.89 Å². The summed E-state index contributed by atoms with van der Waals surface area (Å²) in [6.45, 7) is 6.00. The highest BCUT2D eigenvalue weighted by atomic mass is 32.2. The number of ether oxygens (including phenoxy) is 1. The Morgan fingerprint density at radius 1 is 1.23 bits per heavy atom. The first kappa shape index (κ1) is 24.5. The van der Waals surface area contributed by atoms with Crippen LogP contribution in [0.1, 0.15) is 25.3 Å². The molecule has 2 N–H and O–H groups in total. The third-order valence-electron chi connectivity index (χ3n) is 4.77. The molecule has 1 aliphatic heterocycles. The lowest BCUT2D eigenvalue weighted by molar-refractivity contribution is 0.157. The van der Waals surface area contributed by atoms with Crippen LogP contribution in [0, 0.1) is 11.6 Å². The lowest BCUT2D eigenvalue weighted by atomic mass is 10.0. The van der Waals surface area contributed by atoms with Crippen molar-refractivity contribution < 1.29 is 21.9 Å². The van der Waals surface area contributed by atoms with Gasteiger partial charge in [-0.1, -0.05) is 6.07 Å². The van der Waals surface area contributed by atoms with E-state index >= 15 is 0 Å². The SMILES string of the molecule is CCNC(=NCCOCCS(C)(=O)=O)NC1CCN(Cc2ccc(F)c(F)c2)CC1. The zero-order valence-electron chi connectivity index (χ0n) is 17.7. The maximum Gasteiger partial charge on any atom is 0.191 e. The van der Waals surface area contributed by atoms with Gasteiger partial charge in [-0.05, 0) is 37.5 Å². The van der Waals surface area contributed by atoms with Gasteiger partial charge in [0.1, 0.15) is 9.84 Å². The molecule has 0 atom stereocenters. The number of hydrogen-bond donors (Lipinski definition) is 2. The number of likely N-dealkylation sites (tertiary alicyclic amines) is 1. The molecule has 0 aliphatic carbocycles. The minimum atomic E-state index is -3.01. The fraction of sp³-hybridized carbons (Fsp3) is 0.650. The van der Waals surface area contributed by atoms with E-state index < -0.39 is 21.5 Å². The first-order valence-corrected chi connectivity index (χ1v) is 12.3. The fourth-order valence-electron chi connectivity index (χ4n) is 3.18. The van der Waals surface area contributed by atoms with Gasteiger partial charge < -0.3 is 15.4 Å². The number of nitrogens with zero attached hydrogens (tertiary/aromatic N) is 2. The number of halogens is 2. The smallest absolute Gasteiger partial charge is 0.191 e. The predicted octanol–water partition coefficient (Wildman–Crippen LogP) is 1.55. The predicted molar refractivity (Wildman–Crippen MR) is 114 cm³/mol. The molecule has 30 heavy (non-hydrogen) atoms. The van der Waals surface area contributed by atoms with Crippen molar-refractivity contribution >= 4 is 15.8 Å². The van der Waals surface area contributed by atoms with Crippen molar-refractivity contribution in [2.75, 3.05) is 51.4 Å². The van der Waals surface area contributed by atoms with E-state index in [2.05, 4.69) is 20.5 Å². The Kier molecular flexibility index (Phi) is 9.93. The second-order valence-electron chi connectivity index (χ2n) is 7.45. The molecule has 1 aromatic carbocycles. The first-order chi connectivity index (χ1) is 14.3. The summed E-state index contributed by atoms with van der Waals surface area (Å²) in [4.78, 5) is 6.70. The van der Waals surface area contributed by atoms with E-state index in [0.717, 1.165) is 38.0 Å². The minimum absolute atomic E-state index is 0.0121. The van der Waals surface area contributed by atoms with Gasteiger partial charge >= 0.3 is 0 Å². The van der Waals surface area contributed by atoms with Crippen molar-refractivity contribution in [3.05, 3.63) is 35.4 Å². The Labute approximate surface area is 177 Å². The molecule has 0 bridgehead atoms. The Morgan fingerprint density at radius 3 is 2.60 bits per heavy atom. The van der Waals surface area contributed by atoms with Crippen LogP contribution >= 0.6 is 0 Å². The van der Waals surface area contributed by atoms with Gasteiger partial charge in [-0.15, -0.1) is 0 Å². The highest BCUT2D eigenvalue weighted by Crippen LogP contribution is 2.15. The molecule has 1 fully saturated rings. The van der Waals surface area contributed by atoms with Crippen molar-refractivity contribution in [3.8, 4) is 0 Å². The van der Waals surface area contributed by atoms with Gasteiger partial charge in [-0.2, -0.15) is 0 Å². The lowest BCUT2D eigenvalue weighted by Crippen LogP contribution is -2.48. The molecule has 1 aliphatic rings. The van der Waals surface area contributed by atoms with Crippen LogP contribution < -0.4 is 10.6 Å². The van der Waals surface area contributed by atoms with Crippen LogP contribution in [0.25, 0.3) is 0 Å². The molecule has 10 heteroatoms. The molecule has 0 aromatic heterocycles. The molecular formula is C20H32F2N4O3S. The summed E-state index contributed by atoms with van der Waals surface area (Å²) in [5.41, 5.74) is 0.770. The Morgan fingerprint density at radius 2 is 1.97 bits per heavy atom. The number of sulfone groups is 1. The molecule has 1 heterocycles. The number of nitrogens with one attached hydrogen (secondary N) is 2. The van der Waals surface area contributed by atoms with Crippen molar-refractivity contribution in [2.45, 2.75) is 32.4 Å². The molecule has 0 saturated carbocycles. The molecule has 1 aromatic rings. The molecular weight excluding hydrogens is 414 g/mol. The van der Waals surface area contributed by atoms with Crippen LogP contribution in [0.4, 0.5) is 8.78 Å². The molecule has 0 radical (unpaired) electrons. The molecule has 0 amide bonds. The number of hydrogen-bond acceptors (Lipinski definition) is 5. The van der Waals surface area contributed by atoms with Gasteiger partial charge in [0.15, 0.2) is 17.6 Å². The minimum Gasteiger partial charge on any atom is -0.378 e. The van der Waals surface area contributed by atoms with Crippen LogP contribution in [-0.2, 0) is 21.1 Å². The normalized spacial score (nSPS) is 16.6. The highest BCUT2D eigenvalue weighted by Gasteiger charge is 2.20. The maximum atomic E-state index is 13.4. The number of piperidine rings is 1. The Balaban J connectivity index is 1.72. The summed E-state index contributed by atoms with van der Waals surface area (Å²) in [6.07, 6.45) is 3.02. The van der Waals surface area contributed by atoms with Crippen LogP contribution in [0.15, 0.2) is 23.2 Å². The summed E-state index contributed by atoms with van der Waals surface area (Å²) in [5, 5.41) is 6.63. The average molecular weight is 447 g/mol. The van der Waals surface area contributed by atoms with Crippen LogP contribution in [0.3, 0.4) is 0 Å². The molecule has 0 spiro atoms. The van der Waals surface area contributed by atoms with E-state index in [9.17, 15) is 17.2 Å². The monoisotopic (exact) mass is 446 g/mol. The summed E-state index contributed by atoms with van der Waals surface area (Å²) in [5.74, 6) is -0.908. The van der Waals surface area contributed by atoms with Gasteiger partial charge in [0.05, 0.1) is 25.5 Å². The second-order valence-corrected chi connectivity index (χ2v) is 9.71. The summed E-state index contributed by atoms with van der Waals surface area (Å²) in [7, 11) is -3.01. The molecule has 1 saturated heterocycles. The van der Waals surface area contributed by atoms with E-state index in [0.29, 0.717) is 25.7 Å². The largest absolute Gasteiger partial charge is 0.378 e. The molecule has 0 unspecified atom stereocenters. The van der Waals surface area contributed by atoms with E-state index in [-0.39, 0.29) is 18.4 Å². The van der Waals surface area contributed by atoms with E-state index in [1.165, 1.54) is 18.4 Å². The van der Waals surface area contributed by atoms with Gasteiger partial charge in [-0.25, -0.2) is 17.2 Å². The fourth-order valence-corrected chi connectivity index (χ4v) is 3.60.